The minimum absolute atomic E-state index is 0.0156. The van der Waals surface area contributed by atoms with Crippen molar-refractivity contribution in [3.05, 3.63) is 12.2 Å². The van der Waals surface area contributed by atoms with E-state index in [2.05, 4.69) is 6.58 Å². The molecule has 1 aliphatic rings. The van der Waals surface area contributed by atoms with Crippen molar-refractivity contribution in [3.63, 3.8) is 0 Å². The summed E-state index contributed by atoms with van der Waals surface area (Å²) < 4.78 is 0. The molecule has 0 aliphatic heterocycles. The lowest BCUT2D eigenvalue weighted by Gasteiger charge is -2.24. The molecule has 0 saturated heterocycles. The summed E-state index contributed by atoms with van der Waals surface area (Å²) in [6, 6.07) is 0. The van der Waals surface area contributed by atoms with Crippen molar-refractivity contribution < 1.29 is 10.2 Å². The molecular weight excluding hydrogens is 236 g/mol. The number of rotatable bonds is 2. The highest BCUT2D eigenvalue weighted by molar-refractivity contribution is 5.03. The van der Waals surface area contributed by atoms with Crippen molar-refractivity contribution in [2.45, 2.75) is 83.2 Å². The van der Waals surface area contributed by atoms with Gasteiger partial charge in [0.1, 0.15) is 0 Å². The van der Waals surface area contributed by atoms with E-state index in [0.29, 0.717) is 0 Å². The molecule has 19 heavy (non-hydrogen) atoms. The van der Waals surface area contributed by atoms with E-state index in [1.54, 1.807) is 0 Å². The predicted octanol–water partition coefficient (Wildman–Crippen LogP) is 4.21. The Balaban J connectivity index is 2.45. The van der Waals surface area contributed by atoms with Crippen LogP contribution in [0.15, 0.2) is 12.2 Å². The molecule has 0 bridgehead atoms. The Bertz CT molecular complexity index is 237. The monoisotopic (exact) mass is 268 g/mol. The molecule has 2 atom stereocenters. The van der Waals surface area contributed by atoms with Gasteiger partial charge in [-0.2, -0.15) is 0 Å². The summed E-state index contributed by atoms with van der Waals surface area (Å²) in [5.74, 6) is 0.105. The summed E-state index contributed by atoms with van der Waals surface area (Å²) in [6.07, 6.45) is 14.4. The fourth-order valence-electron chi connectivity index (χ4n) is 3.12. The van der Waals surface area contributed by atoms with Crippen molar-refractivity contribution >= 4 is 0 Å². The summed E-state index contributed by atoms with van der Waals surface area (Å²) in [5.41, 5.74) is 0.819. The summed E-state index contributed by atoms with van der Waals surface area (Å²) in [6.45, 7) is 3.95. The van der Waals surface area contributed by atoms with Crippen molar-refractivity contribution in [2.24, 2.45) is 5.92 Å². The lowest BCUT2D eigenvalue weighted by molar-refractivity contribution is 0.1000. The zero-order chi connectivity index (χ0) is 13.9. The van der Waals surface area contributed by atoms with E-state index in [9.17, 15) is 10.2 Å². The Morgan fingerprint density at radius 2 is 1.21 bits per heavy atom. The SMILES string of the molecule is C=C(CO)C1CCCCCCCCCCCC[C@H]1O. The Morgan fingerprint density at radius 3 is 1.68 bits per heavy atom. The Labute approximate surface area is 118 Å². The molecule has 1 aliphatic carbocycles. The van der Waals surface area contributed by atoms with Gasteiger partial charge in [0.25, 0.3) is 0 Å². The standard InChI is InChI=1S/C17H32O2/c1-15(14-18)16-12-10-8-6-4-2-3-5-7-9-11-13-17(16)19/h16-19H,1-14H2/t16?,17-/m1/s1. The molecule has 112 valence electrons. The molecule has 0 aromatic heterocycles. The first-order chi connectivity index (χ1) is 9.25. The van der Waals surface area contributed by atoms with Crippen LogP contribution in [0, 0.1) is 5.92 Å². The first-order valence-corrected chi connectivity index (χ1v) is 8.22. The zero-order valence-electron chi connectivity index (χ0n) is 12.4. The smallest absolute Gasteiger partial charge is 0.0642 e. The number of aliphatic hydroxyl groups excluding tert-OH is 2. The van der Waals surface area contributed by atoms with Crippen LogP contribution < -0.4 is 0 Å². The first-order valence-electron chi connectivity index (χ1n) is 8.22. The van der Waals surface area contributed by atoms with Crippen molar-refractivity contribution in [1.82, 2.24) is 0 Å². The zero-order valence-corrected chi connectivity index (χ0v) is 12.4. The second-order valence-electron chi connectivity index (χ2n) is 6.10. The molecule has 1 unspecified atom stereocenters. The predicted molar refractivity (Wildman–Crippen MR) is 81.1 cm³/mol. The fourth-order valence-corrected chi connectivity index (χ4v) is 3.12. The van der Waals surface area contributed by atoms with Gasteiger partial charge in [-0.3, -0.25) is 0 Å². The Morgan fingerprint density at radius 1 is 0.789 bits per heavy atom. The number of hydrogen-bond acceptors (Lipinski definition) is 2. The molecule has 2 N–H and O–H groups in total. The van der Waals surface area contributed by atoms with Crippen LogP contribution in [0.3, 0.4) is 0 Å². The van der Waals surface area contributed by atoms with Gasteiger partial charge in [-0.25, -0.2) is 0 Å². The van der Waals surface area contributed by atoms with Gasteiger partial charge in [-0.05, 0) is 18.4 Å². The van der Waals surface area contributed by atoms with E-state index in [1.807, 2.05) is 0 Å². The van der Waals surface area contributed by atoms with Crippen LogP contribution in [0.1, 0.15) is 77.0 Å². The van der Waals surface area contributed by atoms with Crippen molar-refractivity contribution in [3.8, 4) is 0 Å². The maximum atomic E-state index is 10.3. The second-order valence-corrected chi connectivity index (χ2v) is 6.10. The summed E-state index contributed by atoms with van der Waals surface area (Å²) >= 11 is 0. The van der Waals surface area contributed by atoms with Gasteiger partial charge in [0.2, 0.25) is 0 Å². The number of aliphatic hydroxyl groups is 2. The van der Waals surface area contributed by atoms with E-state index in [1.165, 1.54) is 51.4 Å². The van der Waals surface area contributed by atoms with Crippen LogP contribution in [0.5, 0.6) is 0 Å². The summed E-state index contributed by atoms with van der Waals surface area (Å²) in [7, 11) is 0. The van der Waals surface area contributed by atoms with Crippen LogP contribution in [-0.2, 0) is 0 Å². The Kier molecular flexibility index (Phi) is 9.19. The molecule has 0 heterocycles. The van der Waals surface area contributed by atoms with Crippen molar-refractivity contribution in [1.29, 1.82) is 0 Å². The van der Waals surface area contributed by atoms with Crippen LogP contribution >= 0.6 is 0 Å². The van der Waals surface area contributed by atoms with E-state index in [0.717, 1.165) is 31.3 Å². The van der Waals surface area contributed by atoms with Crippen LogP contribution in [0.4, 0.5) is 0 Å². The van der Waals surface area contributed by atoms with E-state index in [-0.39, 0.29) is 18.6 Å². The molecule has 2 nitrogen and oxygen atoms in total. The van der Waals surface area contributed by atoms with Gasteiger partial charge < -0.3 is 10.2 Å². The molecule has 1 saturated carbocycles. The van der Waals surface area contributed by atoms with E-state index < -0.39 is 0 Å². The molecule has 2 heteroatoms. The third-order valence-corrected chi connectivity index (χ3v) is 4.46. The van der Waals surface area contributed by atoms with Gasteiger partial charge in [0.15, 0.2) is 0 Å². The van der Waals surface area contributed by atoms with Crippen LogP contribution in [0.25, 0.3) is 0 Å². The minimum Gasteiger partial charge on any atom is -0.393 e. The molecule has 1 fully saturated rings. The first kappa shape index (κ1) is 16.7. The molecule has 0 aromatic rings. The average molecular weight is 268 g/mol. The van der Waals surface area contributed by atoms with Crippen LogP contribution in [-0.4, -0.2) is 22.9 Å². The summed E-state index contributed by atoms with van der Waals surface area (Å²) in [5, 5.41) is 19.6. The topological polar surface area (TPSA) is 40.5 Å². The largest absolute Gasteiger partial charge is 0.393 e. The highest BCUT2D eigenvalue weighted by atomic mass is 16.3. The lowest BCUT2D eigenvalue weighted by atomic mass is 9.86. The van der Waals surface area contributed by atoms with Gasteiger partial charge in [-0.15, -0.1) is 0 Å². The molecule has 0 radical (unpaired) electrons. The maximum Gasteiger partial charge on any atom is 0.0642 e. The van der Waals surface area contributed by atoms with Crippen LogP contribution in [0.2, 0.25) is 0 Å². The normalized spacial score (nSPS) is 28.5. The molecule has 0 spiro atoms. The number of hydrogen-bond donors (Lipinski definition) is 2. The lowest BCUT2D eigenvalue weighted by Crippen LogP contribution is -2.23. The average Bonchev–Trinajstić information content (AvgIpc) is 2.42. The highest BCUT2D eigenvalue weighted by Crippen LogP contribution is 2.25. The third-order valence-electron chi connectivity index (χ3n) is 4.46. The third kappa shape index (κ3) is 7.12. The van der Waals surface area contributed by atoms with Crippen molar-refractivity contribution in [2.75, 3.05) is 6.61 Å². The minimum atomic E-state index is -0.303. The Hall–Kier alpha value is -0.340. The quantitative estimate of drug-likeness (QED) is 0.737. The van der Waals surface area contributed by atoms with E-state index in [4.69, 9.17) is 0 Å². The van der Waals surface area contributed by atoms with Gasteiger partial charge in [0.05, 0.1) is 12.7 Å². The maximum absolute atomic E-state index is 10.3. The molecule has 0 amide bonds. The molecule has 0 aromatic carbocycles. The molecular formula is C17H32O2. The van der Waals surface area contributed by atoms with Gasteiger partial charge >= 0.3 is 0 Å². The summed E-state index contributed by atoms with van der Waals surface area (Å²) in [4.78, 5) is 0. The fraction of sp³-hybridized carbons (Fsp3) is 0.882. The van der Waals surface area contributed by atoms with E-state index >= 15 is 0 Å². The highest BCUT2D eigenvalue weighted by Gasteiger charge is 2.21. The van der Waals surface area contributed by atoms with Gasteiger partial charge in [0, 0.05) is 5.92 Å². The van der Waals surface area contributed by atoms with Gasteiger partial charge in [-0.1, -0.05) is 70.8 Å². The second kappa shape index (κ2) is 10.4. The molecule has 1 rings (SSSR count).